The van der Waals surface area contributed by atoms with Crippen molar-refractivity contribution in [3.8, 4) is 5.75 Å². The Kier molecular flexibility index (Phi) is 6.56. The zero-order chi connectivity index (χ0) is 23.5. The molecule has 0 radical (unpaired) electrons. The van der Waals surface area contributed by atoms with Gasteiger partial charge in [0, 0.05) is 22.2 Å². The molecule has 0 saturated heterocycles. The normalized spacial score (nSPS) is 17.1. The van der Waals surface area contributed by atoms with Gasteiger partial charge in [-0.3, -0.25) is 14.2 Å². The highest BCUT2D eigenvalue weighted by molar-refractivity contribution is 7.99. The van der Waals surface area contributed by atoms with Gasteiger partial charge in [0.25, 0.3) is 0 Å². The Morgan fingerprint density at radius 2 is 1.76 bits per heavy atom. The molecule has 7 heteroatoms. The van der Waals surface area contributed by atoms with E-state index in [1.807, 2.05) is 89.5 Å². The Morgan fingerprint density at radius 3 is 2.50 bits per heavy atom. The number of nitrogens with zero attached hydrogens (tertiary/aromatic N) is 1. The first-order valence-corrected chi connectivity index (χ1v) is 12.8. The summed E-state index contributed by atoms with van der Waals surface area (Å²) in [5.41, 5.74) is 2.82. The van der Waals surface area contributed by atoms with Crippen molar-refractivity contribution in [1.29, 1.82) is 0 Å². The molecule has 0 aliphatic carbocycles. The lowest BCUT2D eigenvalue weighted by Crippen LogP contribution is -2.33. The van der Waals surface area contributed by atoms with E-state index in [1.165, 1.54) is 11.3 Å². The van der Waals surface area contributed by atoms with Crippen LogP contribution in [0.3, 0.4) is 0 Å². The number of aromatic nitrogens is 1. The average molecular weight is 489 g/mol. The Morgan fingerprint density at radius 1 is 1.03 bits per heavy atom. The van der Waals surface area contributed by atoms with Gasteiger partial charge in [-0.05, 0) is 35.4 Å². The van der Waals surface area contributed by atoms with E-state index in [4.69, 9.17) is 4.74 Å². The van der Waals surface area contributed by atoms with Gasteiger partial charge in [-0.25, -0.2) is 0 Å². The van der Waals surface area contributed by atoms with Crippen LogP contribution in [0.5, 0.6) is 5.75 Å². The Labute approximate surface area is 206 Å². The van der Waals surface area contributed by atoms with Crippen LogP contribution in [0.1, 0.15) is 21.9 Å². The van der Waals surface area contributed by atoms with Crippen LogP contribution in [-0.2, 0) is 11.3 Å². The van der Waals surface area contributed by atoms with Gasteiger partial charge in [-0.2, -0.15) is 0 Å². The number of amides is 1. The Bertz CT molecular complexity index is 1350. The number of para-hydroxylation sites is 1. The molecular formula is C27H24N2O3S2. The third kappa shape index (κ3) is 4.54. The van der Waals surface area contributed by atoms with Gasteiger partial charge in [-0.1, -0.05) is 72.0 Å². The molecule has 1 aliphatic heterocycles. The third-order valence-electron chi connectivity index (χ3n) is 5.97. The van der Waals surface area contributed by atoms with Crippen LogP contribution >= 0.6 is 23.1 Å². The fraction of sp³-hybridized carbons (Fsp3) is 0.185. The molecule has 4 aromatic rings. The van der Waals surface area contributed by atoms with E-state index >= 15 is 0 Å². The number of thiazole rings is 1. The number of carbonyl (C=O) groups is 1. The second-order valence-electron chi connectivity index (χ2n) is 8.14. The minimum atomic E-state index is -0.326. The van der Waals surface area contributed by atoms with Crippen LogP contribution in [0.25, 0.3) is 0 Å². The molecule has 0 bridgehead atoms. The number of fused-ring (bicyclic) bond motifs is 1. The number of hydrogen-bond donors (Lipinski definition) is 1. The van der Waals surface area contributed by atoms with Gasteiger partial charge in [0.1, 0.15) is 5.75 Å². The summed E-state index contributed by atoms with van der Waals surface area (Å²) in [7, 11) is 1.63. The van der Waals surface area contributed by atoms with Gasteiger partial charge in [0.15, 0.2) is 0 Å². The standard InChI is InChI=1S/C27H24N2O3S2/c1-32-21-14-8-11-19(15-21)23-22(25(30)28-20-12-6-3-7-13-20)17-33-26-24(23)34-27(31)29(26)16-18-9-4-2-5-10-18/h2-15,22-23H,16-17H2,1H3,(H,28,30)/t22-,23+/m0/s1. The summed E-state index contributed by atoms with van der Waals surface area (Å²) in [6.07, 6.45) is 0. The maximum atomic E-state index is 13.5. The average Bonchev–Trinajstić information content (AvgIpc) is 3.19. The van der Waals surface area contributed by atoms with Crippen molar-refractivity contribution in [2.45, 2.75) is 17.5 Å². The molecule has 0 unspecified atom stereocenters. The minimum Gasteiger partial charge on any atom is -0.497 e. The van der Waals surface area contributed by atoms with E-state index in [-0.39, 0.29) is 22.6 Å². The summed E-state index contributed by atoms with van der Waals surface area (Å²) < 4.78 is 7.31. The van der Waals surface area contributed by atoms with Crippen LogP contribution in [0.4, 0.5) is 5.69 Å². The van der Waals surface area contributed by atoms with Crippen LogP contribution in [-0.4, -0.2) is 23.3 Å². The molecule has 34 heavy (non-hydrogen) atoms. The number of nitrogens with one attached hydrogen (secondary N) is 1. The molecule has 1 aliphatic rings. The number of anilines is 1. The maximum absolute atomic E-state index is 13.5. The van der Waals surface area contributed by atoms with Crippen molar-refractivity contribution < 1.29 is 9.53 Å². The van der Waals surface area contributed by atoms with Crippen molar-refractivity contribution in [2.24, 2.45) is 5.92 Å². The number of methoxy groups -OCH3 is 1. The zero-order valence-corrected chi connectivity index (χ0v) is 20.3. The predicted octanol–water partition coefficient (Wildman–Crippen LogP) is 5.46. The lowest BCUT2D eigenvalue weighted by molar-refractivity contribution is -0.119. The smallest absolute Gasteiger partial charge is 0.308 e. The molecule has 2 atom stereocenters. The van der Waals surface area contributed by atoms with Gasteiger partial charge in [0.2, 0.25) is 5.91 Å². The first kappa shape index (κ1) is 22.5. The van der Waals surface area contributed by atoms with Crippen molar-refractivity contribution in [2.75, 3.05) is 18.2 Å². The monoisotopic (exact) mass is 488 g/mol. The zero-order valence-electron chi connectivity index (χ0n) is 18.6. The number of benzene rings is 3. The summed E-state index contributed by atoms with van der Waals surface area (Å²) in [6, 6.07) is 27.3. The second kappa shape index (κ2) is 9.91. The number of rotatable bonds is 6. The number of hydrogen-bond acceptors (Lipinski definition) is 5. The highest BCUT2D eigenvalue weighted by Crippen LogP contribution is 2.47. The number of thioether (sulfide) groups is 1. The molecule has 5 nitrogen and oxygen atoms in total. The van der Waals surface area contributed by atoms with E-state index in [9.17, 15) is 9.59 Å². The van der Waals surface area contributed by atoms with Crippen molar-refractivity contribution in [3.63, 3.8) is 0 Å². The van der Waals surface area contributed by atoms with Crippen molar-refractivity contribution in [3.05, 3.63) is 111 Å². The fourth-order valence-corrected chi connectivity index (χ4v) is 7.00. The Balaban J connectivity index is 1.56. The van der Waals surface area contributed by atoms with E-state index < -0.39 is 0 Å². The molecule has 0 saturated carbocycles. The van der Waals surface area contributed by atoms with E-state index in [1.54, 1.807) is 18.9 Å². The molecule has 5 rings (SSSR count). The summed E-state index contributed by atoms with van der Waals surface area (Å²) >= 11 is 2.84. The predicted molar refractivity (Wildman–Crippen MR) is 138 cm³/mol. The second-order valence-corrected chi connectivity index (χ2v) is 10.1. The molecule has 2 heterocycles. The van der Waals surface area contributed by atoms with Gasteiger partial charge >= 0.3 is 4.87 Å². The Hall–Kier alpha value is -3.29. The fourth-order valence-electron chi connectivity index (χ4n) is 4.31. The summed E-state index contributed by atoms with van der Waals surface area (Å²) in [4.78, 5) is 27.5. The van der Waals surface area contributed by atoms with Crippen LogP contribution < -0.4 is 14.9 Å². The SMILES string of the molecule is COc1cccc([C@H]2c3sc(=O)n(Cc4ccccc4)c3SC[C@@H]2C(=O)Nc2ccccc2)c1. The van der Waals surface area contributed by atoms with Crippen LogP contribution in [0.2, 0.25) is 0 Å². The quantitative estimate of drug-likeness (QED) is 0.392. The van der Waals surface area contributed by atoms with Crippen molar-refractivity contribution >= 4 is 34.7 Å². The molecule has 1 aromatic heterocycles. The van der Waals surface area contributed by atoms with Gasteiger partial charge in [0.05, 0.1) is 24.6 Å². The maximum Gasteiger partial charge on any atom is 0.308 e. The number of ether oxygens (including phenoxy) is 1. The molecule has 172 valence electrons. The molecule has 1 amide bonds. The highest BCUT2D eigenvalue weighted by atomic mass is 32.2. The topological polar surface area (TPSA) is 60.3 Å². The number of carbonyl (C=O) groups excluding carboxylic acids is 1. The van der Waals surface area contributed by atoms with E-state index in [2.05, 4.69) is 5.32 Å². The molecule has 3 aromatic carbocycles. The molecule has 0 fully saturated rings. The summed E-state index contributed by atoms with van der Waals surface area (Å²) in [5.74, 6) is 0.708. The van der Waals surface area contributed by atoms with Crippen LogP contribution in [0, 0.1) is 5.92 Å². The third-order valence-corrected chi connectivity index (χ3v) is 8.40. The lowest BCUT2D eigenvalue weighted by atomic mass is 9.85. The lowest BCUT2D eigenvalue weighted by Gasteiger charge is -2.31. The van der Waals surface area contributed by atoms with Crippen LogP contribution in [0.15, 0.2) is 94.7 Å². The van der Waals surface area contributed by atoms with Gasteiger partial charge in [-0.15, -0.1) is 11.8 Å². The first-order chi connectivity index (χ1) is 16.6. The largest absolute Gasteiger partial charge is 0.497 e. The molecular weight excluding hydrogens is 464 g/mol. The minimum absolute atomic E-state index is 0.00151. The molecule has 0 spiro atoms. The molecule has 1 N–H and O–H groups in total. The van der Waals surface area contributed by atoms with E-state index in [0.717, 1.165) is 32.5 Å². The van der Waals surface area contributed by atoms with Crippen molar-refractivity contribution in [1.82, 2.24) is 4.57 Å². The first-order valence-electron chi connectivity index (χ1n) is 11.0. The summed E-state index contributed by atoms with van der Waals surface area (Å²) in [6.45, 7) is 0.518. The highest BCUT2D eigenvalue weighted by Gasteiger charge is 2.39. The summed E-state index contributed by atoms with van der Waals surface area (Å²) in [5, 5.41) is 4.02. The van der Waals surface area contributed by atoms with Gasteiger partial charge < -0.3 is 10.1 Å². The van der Waals surface area contributed by atoms with E-state index in [0.29, 0.717) is 12.3 Å².